The highest BCUT2D eigenvalue weighted by atomic mass is 32.2. The third kappa shape index (κ3) is 2.44. The number of nitrogens with zero attached hydrogens (tertiary/aromatic N) is 1. The first kappa shape index (κ1) is 13.9. The molecule has 1 aromatic rings. The second kappa shape index (κ2) is 4.74. The number of hydrogen-bond donors (Lipinski definition) is 1. The zero-order chi connectivity index (χ0) is 14.4. The van der Waals surface area contributed by atoms with Crippen molar-refractivity contribution in [2.75, 3.05) is 25.0 Å². The van der Waals surface area contributed by atoms with Gasteiger partial charge in [-0.05, 0) is 42.4 Å². The average Bonchev–Trinajstić information content (AvgIpc) is 2.85. The third-order valence-electron chi connectivity index (χ3n) is 4.50. The van der Waals surface area contributed by atoms with E-state index in [0.29, 0.717) is 18.0 Å². The van der Waals surface area contributed by atoms with Crippen LogP contribution in [0.3, 0.4) is 0 Å². The van der Waals surface area contributed by atoms with Crippen molar-refractivity contribution in [3.8, 4) is 0 Å². The predicted octanol–water partition coefficient (Wildman–Crippen LogP) is 2.47. The van der Waals surface area contributed by atoms with Crippen LogP contribution in [0.15, 0.2) is 23.1 Å². The van der Waals surface area contributed by atoms with Crippen LogP contribution in [0.2, 0.25) is 0 Å². The van der Waals surface area contributed by atoms with Crippen LogP contribution < -0.4 is 5.32 Å². The molecule has 0 saturated carbocycles. The largest absolute Gasteiger partial charge is 0.384 e. The molecule has 0 atom stereocenters. The Kier molecular flexibility index (Phi) is 3.29. The average molecular weight is 294 g/mol. The van der Waals surface area contributed by atoms with Crippen molar-refractivity contribution in [3.05, 3.63) is 23.8 Å². The van der Waals surface area contributed by atoms with Gasteiger partial charge in [0.2, 0.25) is 10.0 Å². The summed E-state index contributed by atoms with van der Waals surface area (Å²) < 4.78 is 27.0. The van der Waals surface area contributed by atoms with Gasteiger partial charge in [-0.2, -0.15) is 4.31 Å². The summed E-state index contributed by atoms with van der Waals surface area (Å²) in [5.41, 5.74) is 2.44. The topological polar surface area (TPSA) is 49.4 Å². The number of rotatable bonds is 2. The van der Waals surface area contributed by atoms with E-state index in [1.54, 1.807) is 16.4 Å². The lowest BCUT2D eigenvalue weighted by Crippen LogP contribution is -2.41. The van der Waals surface area contributed by atoms with Crippen LogP contribution in [-0.2, 0) is 16.4 Å². The maximum Gasteiger partial charge on any atom is 0.243 e. The van der Waals surface area contributed by atoms with Gasteiger partial charge in [0.05, 0.1) is 4.90 Å². The van der Waals surface area contributed by atoms with Gasteiger partial charge in [0.1, 0.15) is 0 Å². The molecule has 2 aliphatic rings. The van der Waals surface area contributed by atoms with Gasteiger partial charge in [0, 0.05) is 25.3 Å². The maximum atomic E-state index is 12.7. The zero-order valence-electron chi connectivity index (χ0n) is 12.1. The summed E-state index contributed by atoms with van der Waals surface area (Å²) in [5.74, 6) is 0. The Bertz CT molecular complexity index is 613. The fourth-order valence-corrected chi connectivity index (χ4v) is 4.38. The summed E-state index contributed by atoms with van der Waals surface area (Å²) in [4.78, 5) is 0.422. The summed E-state index contributed by atoms with van der Waals surface area (Å²) >= 11 is 0. The van der Waals surface area contributed by atoms with E-state index in [0.717, 1.165) is 31.5 Å². The van der Waals surface area contributed by atoms with Crippen molar-refractivity contribution >= 4 is 15.7 Å². The Morgan fingerprint density at radius 2 is 1.90 bits per heavy atom. The molecule has 20 heavy (non-hydrogen) atoms. The monoisotopic (exact) mass is 294 g/mol. The molecule has 110 valence electrons. The minimum atomic E-state index is -3.34. The Morgan fingerprint density at radius 3 is 2.60 bits per heavy atom. The van der Waals surface area contributed by atoms with Gasteiger partial charge in [-0.15, -0.1) is 0 Å². The van der Waals surface area contributed by atoms with Crippen LogP contribution in [0, 0.1) is 5.41 Å². The smallest absolute Gasteiger partial charge is 0.243 e. The Balaban J connectivity index is 1.85. The van der Waals surface area contributed by atoms with Crippen molar-refractivity contribution < 1.29 is 8.42 Å². The van der Waals surface area contributed by atoms with Crippen molar-refractivity contribution in [1.82, 2.24) is 4.31 Å². The quantitative estimate of drug-likeness (QED) is 0.911. The minimum Gasteiger partial charge on any atom is -0.384 e. The van der Waals surface area contributed by atoms with Gasteiger partial charge in [0.25, 0.3) is 0 Å². The number of nitrogens with one attached hydrogen (secondary N) is 1. The van der Waals surface area contributed by atoms with Crippen LogP contribution in [-0.4, -0.2) is 32.4 Å². The van der Waals surface area contributed by atoms with E-state index in [1.165, 1.54) is 5.56 Å². The molecule has 0 radical (unpaired) electrons. The molecule has 1 N–H and O–H groups in total. The molecule has 0 spiro atoms. The van der Waals surface area contributed by atoms with Crippen LogP contribution in [0.5, 0.6) is 0 Å². The number of sulfonamides is 1. The summed E-state index contributed by atoms with van der Waals surface area (Å²) in [6, 6.07) is 5.48. The molecular weight excluding hydrogens is 272 g/mol. The number of fused-ring (bicyclic) bond motifs is 1. The first-order chi connectivity index (χ1) is 9.38. The molecule has 0 aliphatic carbocycles. The summed E-state index contributed by atoms with van der Waals surface area (Å²) in [6.45, 7) is 6.56. The second-order valence-corrected chi connectivity index (χ2v) is 8.50. The second-order valence-electron chi connectivity index (χ2n) is 6.56. The summed E-state index contributed by atoms with van der Waals surface area (Å²) in [5, 5.41) is 3.25. The van der Waals surface area contributed by atoms with E-state index in [2.05, 4.69) is 19.2 Å². The molecule has 0 aromatic heterocycles. The lowest BCUT2D eigenvalue weighted by Gasteiger charge is -2.36. The SMILES string of the molecule is CC1(C)CCN(S(=O)(=O)c2ccc3c(c2)NCC3)CC1. The van der Waals surface area contributed by atoms with E-state index in [9.17, 15) is 8.42 Å². The van der Waals surface area contributed by atoms with Crippen molar-refractivity contribution in [2.45, 2.75) is 38.0 Å². The standard InChI is InChI=1S/C15H22N2O2S/c1-15(2)6-9-17(10-7-15)20(18,19)13-4-3-12-5-8-16-14(12)11-13/h3-4,11,16H,5-10H2,1-2H3. The molecular formula is C15H22N2O2S. The van der Waals surface area contributed by atoms with Crippen molar-refractivity contribution in [1.29, 1.82) is 0 Å². The van der Waals surface area contributed by atoms with Crippen LogP contribution in [0.25, 0.3) is 0 Å². The Morgan fingerprint density at radius 1 is 1.20 bits per heavy atom. The van der Waals surface area contributed by atoms with Crippen molar-refractivity contribution in [3.63, 3.8) is 0 Å². The first-order valence-corrected chi connectivity index (χ1v) is 8.69. The third-order valence-corrected chi connectivity index (χ3v) is 6.40. The molecule has 1 aromatic carbocycles. The molecule has 0 unspecified atom stereocenters. The molecule has 3 rings (SSSR count). The van der Waals surface area contributed by atoms with Crippen LogP contribution in [0.1, 0.15) is 32.3 Å². The molecule has 0 amide bonds. The van der Waals surface area contributed by atoms with Gasteiger partial charge < -0.3 is 5.32 Å². The van der Waals surface area contributed by atoms with Gasteiger partial charge >= 0.3 is 0 Å². The highest BCUT2D eigenvalue weighted by Crippen LogP contribution is 2.33. The molecule has 1 saturated heterocycles. The summed E-state index contributed by atoms with van der Waals surface area (Å²) in [7, 11) is -3.34. The lowest BCUT2D eigenvalue weighted by molar-refractivity contribution is 0.196. The maximum absolute atomic E-state index is 12.7. The molecule has 5 heteroatoms. The van der Waals surface area contributed by atoms with Gasteiger partial charge in [-0.1, -0.05) is 19.9 Å². The van der Waals surface area contributed by atoms with Crippen molar-refractivity contribution in [2.24, 2.45) is 5.41 Å². The van der Waals surface area contributed by atoms with E-state index >= 15 is 0 Å². The molecule has 2 heterocycles. The number of piperidine rings is 1. The number of hydrogen-bond acceptors (Lipinski definition) is 3. The van der Waals surface area contributed by atoms with E-state index in [-0.39, 0.29) is 5.41 Å². The Labute approximate surface area is 121 Å². The fraction of sp³-hybridized carbons (Fsp3) is 0.600. The highest BCUT2D eigenvalue weighted by molar-refractivity contribution is 7.89. The highest BCUT2D eigenvalue weighted by Gasteiger charge is 2.33. The normalized spacial score (nSPS) is 22.3. The molecule has 4 nitrogen and oxygen atoms in total. The Hall–Kier alpha value is -1.07. The predicted molar refractivity (Wildman–Crippen MR) is 80.4 cm³/mol. The fourth-order valence-electron chi connectivity index (χ4n) is 2.91. The van der Waals surface area contributed by atoms with Crippen LogP contribution >= 0.6 is 0 Å². The minimum absolute atomic E-state index is 0.255. The molecule has 1 fully saturated rings. The lowest BCUT2D eigenvalue weighted by atomic mass is 9.83. The number of benzene rings is 1. The number of anilines is 1. The van der Waals surface area contributed by atoms with E-state index < -0.39 is 10.0 Å². The molecule has 0 bridgehead atoms. The van der Waals surface area contributed by atoms with Gasteiger partial charge in [-0.25, -0.2) is 8.42 Å². The van der Waals surface area contributed by atoms with Crippen LogP contribution in [0.4, 0.5) is 5.69 Å². The van der Waals surface area contributed by atoms with E-state index in [1.807, 2.05) is 6.07 Å². The van der Waals surface area contributed by atoms with E-state index in [4.69, 9.17) is 0 Å². The zero-order valence-corrected chi connectivity index (χ0v) is 13.0. The summed E-state index contributed by atoms with van der Waals surface area (Å²) in [6.07, 6.45) is 2.83. The first-order valence-electron chi connectivity index (χ1n) is 7.25. The van der Waals surface area contributed by atoms with Gasteiger partial charge in [0.15, 0.2) is 0 Å². The molecule has 2 aliphatic heterocycles. The van der Waals surface area contributed by atoms with Gasteiger partial charge in [-0.3, -0.25) is 0 Å².